The molecule has 0 unspecified atom stereocenters. The topological polar surface area (TPSA) is 26.5 Å². The lowest BCUT2D eigenvalue weighted by molar-refractivity contribution is 0.483. The van der Waals surface area contributed by atoms with E-state index in [1.54, 1.807) is 0 Å². The minimum absolute atomic E-state index is 0.827. The van der Waals surface area contributed by atoms with Crippen molar-refractivity contribution in [3.05, 3.63) is 84.7 Å². The summed E-state index contributed by atoms with van der Waals surface area (Å²) in [7, 11) is 0. The van der Waals surface area contributed by atoms with E-state index in [1.165, 1.54) is 5.56 Å². The summed E-state index contributed by atoms with van der Waals surface area (Å²) in [5.41, 5.74) is 4.62. The number of para-hydroxylation sites is 1. The van der Waals surface area contributed by atoms with E-state index in [-0.39, 0.29) is 0 Å². The molecule has 0 spiro atoms. The highest BCUT2D eigenvalue weighted by Crippen LogP contribution is 2.29. The highest BCUT2D eigenvalue weighted by Gasteiger charge is 2.08. The van der Waals surface area contributed by atoms with Gasteiger partial charge in [-0.2, -0.15) is 5.10 Å². The van der Waals surface area contributed by atoms with E-state index in [4.69, 9.17) is 4.74 Å². The molecule has 3 heteroatoms. The highest BCUT2D eigenvalue weighted by molar-refractivity contribution is 5.82. The molecule has 0 atom stereocenters. The van der Waals surface area contributed by atoms with Crippen molar-refractivity contribution < 1.29 is 4.74 Å². The summed E-state index contributed by atoms with van der Waals surface area (Å²) in [5, 5.41) is 4.43. The summed E-state index contributed by atoms with van der Waals surface area (Å²) in [4.78, 5) is 0. The second-order valence-corrected chi connectivity index (χ2v) is 5.48. The summed E-state index contributed by atoms with van der Waals surface area (Å²) >= 11 is 0. The fourth-order valence-electron chi connectivity index (χ4n) is 2.75. The number of pyridine rings is 1. The number of aryl methyl sites for hydroxylation is 1. The third-order valence-electron chi connectivity index (χ3n) is 3.89. The molecule has 0 radical (unpaired) electrons. The van der Waals surface area contributed by atoms with E-state index in [9.17, 15) is 0 Å². The Morgan fingerprint density at radius 1 is 0.826 bits per heavy atom. The van der Waals surface area contributed by atoms with Gasteiger partial charge in [-0.05, 0) is 48.4 Å². The van der Waals surface area contributed by atoms with Crippen LogP contribution in [-0.2, 0) is 0 Å². The van der Waals surface area contributed by atoms with Gasteiger partial charge in [-0.1, -0.05) is 36.4 Å². The van der Waals surface area contributed by atoms with Crippen molar-refractivity contribution in [3.63, 3.8) is 0 Å². The monoisotopic (exact) mass is 300 g/mol. The van der Waals surface area contributed by atoms with E-state index in [1.807, 2.05) is 65.4 Å². The first-order valence-corrected chi connectivity index (χ1v) is 7.57. The van der Waals surface area contributed by atoms with Crippen molar-refractivity contribution in [2.24, 2.45) is 0 Å². The summed E-state index contributed by atoms with van der Waals surface area (Å²) < 4.78 is 7.76. The Kier molecular flexibility index (Phi) is 3.31. The number of ether oxygens (including phenoxy) is 1. The van der Waals surface area contributed by atoms with Crippen LogP contribution in [0.2, 0.25) is 0 Å². The molecule has 0 saturated heterocycles. The zero-order valence-corrected chi connectivity index (χ0v) is 12.8. The molecular weight excluding hydrogens is 284 g/mol. The molecule has 3 nitrogen and oxygen atoms in total. The fraction of sp³-hybridized carbons (Fsp3) is 0.0500. The van der Waals surface area contributed by atoms with E-state index < -0.39 is 0 Å². The third kappa shape index (κ3) is 2.57. The van der Waals surface area contributed by atoms with Crippen LogP contribution in [0.5, 0.6) is 11.5 Å². The van der Waals surface area contributed by atoms with Gasteiger partial charge in [0, 0.05) is 11.8 Å². The van der Waals surface area contributed by atoms with Crippen LogP contribution in [0.25, 0.3) is 16.6 Å². The lowest BCUT2D eigenvalue weighted by Gasteiger charge is -2.07. The molecule has 0 fully saturated rings. The Balaban J connectivity index is 1.67. The summed E-state index contributed by atoms with van der Waals surface area (Å²) in [6, 6.07) is 22.0. The molecular formula is C20H16N2O. The number of rotatable bonds is 3. The van der Waals surface area contributed by atoms with E-state index in [0.29, 0.717) is 0 Å². The number of fused-ring (bicyclic) bond motifs is 1. The Morgan fingerprint density at radius 3 is 2.35 bits per heavy atom. The van der Waals surface area contributed by atoms with Gasteiger partial charge in [0.25, 0.3) is 0 Å². The van der Waals surface area contributed by atoms with Gasteiger partial charge < -0.3 is 4.74 Å². The Labute approximate surface area is 134 Å². The number of aromatic nitrogens is 2. The molecule has 0 aliphatic heterocycles. The molecule has 23 heavy (non-hydrogen) atoms. The Morgan fingerprint density at radius 2 is 1.57 bits per heavy atom. The fourth-order valence-corrected chi connectivity index (χ4v) is 2.75. The van der Waals surface area contributed by atoms with Gasteiger partial charge in [0.15, 0.2) is 0 Å². The molecule has 4 aromatic rings. The zero-order chi connectivity index (χ0) is 15.6. The third-order valence-corrected chi connectivity index (χ3v) is 3.89. The van der Waals surface area contributed by atoms with Crippen LogP contribution < -0.4 is 4.74 Å². The molecule has 0 amide bonds. The van der Waals surface area contributed by atoms with Crippen LogP contribution in [0.4, 0.5) is 0 Å². The quantitative estimate of drug-likeness (QED) is 0.526. The molecule has 0 saturated carbocycles. The van der Waals surface area contributed by atoms with Crippen LogP contribution in [-0.4, -0.2) is 9.61 Å². The summed E-state index contributed by atoms with van der Waals surface area (Å²) in [5.74, 6) is 1.67. The van der Waals surface area contributed by atoms with Crippen LogP contribution in [0, 0.1) is 6.92 Å². The van der Waals surface area contributed by atoms with Gasteiger partial charge in [-0.3, -0.25) is 0 Å². The van der Waals surface area contributed by atoms with Crippen molar-refractivity contribution in [1.29, 1.82) is 0 Å². The first-order chi connectivity index (χ1) is 11.3. The zero-order valence-electron chi connectivity index (χ0n) is 12.8. The molecule has 0 aliphatic rings. The first-order valence-electron chi connectivity index (χ1n) is 7.57. The minimum atomic E-state index is 0.827. The molecule has 2 heterocycles. The average Bonchev–Trinajstić information content (AvgIpc) is 3.02. The molecule has 4 rings (SSSR count). The predicted octanol–water partition coefficient (Wildman–Crippen LogP) is 5.10. The maximum Gasteiger partial charge on any atom is 0.127 e. The average molecular weight is 300 g/mol. The second kappa shape index (κ2) is 5.61. The van der Waals surface area contributed by atoms with Gasteiger partial charge >= 0.3 is 0 Å². The first kappa shape index (κ1) is 13.6. The molecule has 0 bridgehead atoms. The number of nitrogens with zero attached hydrogens (tertiary/aromatic N) is 2. The van der Waals surface area contributed by atoms with E-state index in [0.717, 1.165) is 28.1 Å². The molecule has 2 aromatic heterocycles. The van der Waals surface area contributed by atoms with Crippen LogP contribution >= 0.6 is 0 Å². The maximum absolute atomic E-state index is 5.84. The molecule has 112 valence electrons. The van der Waals surface area contributed by atoms with E-state index in [2.05, 4.69) is 30.2 Å². The Bertz CT molecular complexity index is 940. The molecule has 2 aromatic carbocycles. The van der Waals surface area contributed by atoms with Gasteiger partial charge in [0.2, 0.25) is 0 Å². The summed E-state index contributed by atoms with van der Waals surface area (Å²) in [6.45, 7) is 2.10. The number of benzene rings is 2. The maximum atomic E-state index is 5.84. The second-order valence-electron chi connectivity index (χ2n) is 5.48. The predicted molar refractivity (Wildman–Crippen MR) is 91.9 cm³/mol. The smallest absolute Gasteiger partial charge is 0.127 e. The molecule has 0 aliphatic carbocycles. The Hall–Kier alpha value is -3.07. The highest BCUT2D eigenvalue weighted by atomic mass is 16.5. The van der Waals surface area contributed by atoms with Crippen LogP contribution in [0.3, 0.4) is 0 Å². The van der Waals surface area contributed by atoms with Crippen molar-refractivity contribution in [3.8, 4) is 22.6 Å². The van der Waals surface area contributed by atoms with Gasteiger partial charge in [0.1, 0.15) is 11.5 Å². The van der Waals surface area contributed by atoms with Gasteiger partial charge in [-0.15, -0.1) is 0 Å². The van der Waals surface area contributed by atoms with Crippen LogP contribution in [0.15, 0.2) is 79.1 Å². The SMILES string of the molecule is Cc1cccn2ncc(-c3ccc(Oc4ccccc4)cc3)c12. The van der Waals surface area contributed by atoms with Crippen molar-refractivity contribution in [2.75, 3.05) is 0 Å². The van der Waals surface area contributed by atoms with Crippen LogP contribution in [0.1, 0.15) is 5.56 Å². The van der Waals surface area contributed by atoms with Crippen molar-refractivity contribution in [1.82, 2.24) is 9.61 Å². The van der Waals surface area contributed by atoms with Crippen molar-refractivity contribution in [2.45, 2.75) is 6.92 Å². The normalized spacial score (nSPS) is 10.8. The standard InChI is InChI=1S/C20H16N2O/c1-15-6-5-13-22-20(15)19(14-21-22)16-9-11-18(12-10-16)23-17-7-3-2-4-8-17/h2-14H,1H3. The largest absolute Gasteiger partial charge is 0.457 e. The van der Waals surface area contributed by atoms with E-state index >= 15 is 0 Å². The summed E-state index contributed by atoms with van der Waals surface area (Å²) in [6.07, 6.45) is 3.88. The lowest BCUT2D eigenvalue weighted by Crippen LogP contribution is -1.88. The molecule has 0 N–H and O–H groups in total. The number of hydrogen-bond acceptors (Lipinski definition) is 2. The van der Waals surface area contributed by atoms with Crippen molar-refractivity contribution >= 4 is 5.52 Å². The minimum Gasteiger partial charge on any atom is -0.457 e. The lowest BCUT2D eigenvalue weighted by atomic mass is 10.1. The number of hydrogen-bond donors (Lipinski definition) is 0. The van der Waals surface area contributed by atoms with Gasteiger partial charge in [0.05, 0.1) is 11.7 Å². The van der Waals surface area contributed by atoms with Gasteiger partial charge in [-0.25, -0.2) is 4.52 Å².